The molecule has 0 spiro atoms. The lowest BCUT2D eigenvalue weighted by Crippen LogP contribution is -2.24. The molecule has 10 heteroatoms. The summed E-state index contributed by atoms with van der Waals surface area (Å²) in [5.41, 5.74) is 0.710. The third kappa shape index (κ3) is 4.29. The van der Waals surface area contributed by atoms with E-state index in [1.54, 1.807) is 6.92 Å². The number of nitrogens with zero attached hydrogens (tertiary/aromatic N) is 3. The van der Waals surface area contributed by atoms with Gasteiger partial charge in [-0.1, -0.05) is 12.1 Å². The summed E-state index contributed by atoms with van der Waals surface area (Å²) in [6.07, 6.45) is 2.77. The van der Waals surface area contributed by atoms with Gasteiger partial charge in [0.15, 0.2) is 0 Å². The van der Waals surface area contributed by atoms with Gasteiger partial charge in [-0.05, 0) is 43.3 Å². The molecule has 0 fully saturated rings. The van der Waals surface area contributed by atoms with Crippen LogP contribution in [0.5, 0.6) is 0 Å². The molecule has 0 radical (unpaired) electrons. The van der Waals surface area contributed by atoms with Gasteiger partial charge in [0.2, 0.25) is 5.91 Å². The second kappa shape index (κ2) is 7.54. The average molecular weight is 389 g/mol. The number of hydrogen-bond donors (Lipinski definition) is 2. The molecule has 8 nitrogen and oxygen atoms in total. The first-order chi connectivity index (χ1) is 12.9. The van der Waals surface area contributed by atoms with Crippen LogP contribution in [-0.2, 0) is 14.8 Å². The second-order valence-corrected chi connectivity index (χ2v) is 7.30. The zero-order chi connectivity index (χ0) is 19.4. The predicted molar refractivity (Wildman–Crippen MR) is 97.0 cm³/mol. The molecule has 0 aliphatic rings. The van der Waals surface area contributed by atoms with Crippen molar-refractivity contribution in [3.8, 4) is 0 Å². The molecular formula is C17H16FN5O3S. The topological polar surface area (TPSA) is 106 Å². The van der Waals surface area contributed by atoms with Crippen molar-refractivity contribution in [3.63, 3.8) is 0 Å². The summed E-state index contributed by atoms with van der Waals surface area (Å²) in [6, 6.07) is 10.5. The molecule has 0 unspecified atom stereocenters. The number of nitrogens with one attached hydrogen (secondary N) is 2. The van der Waals surface area contributed by atoms with Crippen LogP contribution < -0.4 is 10.0 Å². The highest BCUT2D eigenvalue weighted by atomic mass is 32.2. The van der Waals surface area contributed by atoms with E-state index < -0.39 is 26.8 Å². The second-order valence-electron chi connectivity index (χ2n) is 5.65. The molecule has 0 saturated heterocycles. The van der Waals surface area contributed by atoms with Gasteiger partial charge in [-0.3, -0.25) is 9.52 Å². The van der Waals surface area contributed by atoms with E-state index in [4.69, 9.17) is 0 Å². The number of carbonyl (C=O) groups is 1. The van der Waals surface area contributed by atoms with Gasteiger partial charge in [0.25, 0.3) is 10.0 Å². The SMILES string of the molecule is C[C@@H](C(=O)Nc1ccc(NS(=O)(=O)c2ccccc2F)cc1)n1cncn1. The quantitative estimate of drug-likeness (QED) is 0.673. The molecule has 3 aromatic rings. The number of halogens is 1. The van der Waals surface area contributed by atoms with E-state index in [-0.39, 0.29) is 11.6 Å². The van der Waals surface area contributed by atoms with Crippen molar-refractivity contribution in [1.82, 2.24) is 14.8 Å². The normalized spacial score (nSPS) is 12.4. The summed E-state index contributed by atoms with van der Waals surface area (Å²) in [6.45, 7) is 1.67. The van der Waals surface area contributed by atoms with Crippen molar-refractivity contribution in [1.29, 1.82) is 0 Å². The Labute approximate surface area is 155 Å². The van der Waals surface area contributed by atoms with Crippen LogP contribution in [-0.4, -0.2) is 29.1 Å². The van der Waals surface area contributed by atoms with Crippen molar-refractivity contribution < 1.29 is 17.6 Å². The number of aromatic nitrogens is 3. The van der Waals surface area contributed by atoms with Crippen LogP contribution in [0.4, 0.5) is 15.8 Å². The van der Waals surface area contributed by atoms with Crippen LogP contribution >= 0.6 is 0 Å². The van der Waals surface area contributed by atoms with Crippen molar-refractivity contribution in [2.24, 2.45) is 0 Å². The molecular weight excluding hydrogens is 373 g/mol. The van der Waals surface area contributed by atoms with Gasteiger partial charge in [0, 0.05) is 11.4 Å². The minimum Gasteiger partial charge on any atom is -0.324 e. The number of sulfonamides is 1. The van der Waals surface area contributed by atoms with Crippen LogP contribution in [0.25, 0.3) is 0 Å². The van der Waals surface area contributed by atoms with E-state index in [9.17, 15) is 17.6 Å². The minimum absolute atomic E-state index is 0.237. The van der Waals surface area contributed by atoms with E-state index in [0.717, 1.165) is 6.07 Å². The lowest BCUT2D eigenvalue weighted by atomic mass is 10.2. The molecule has 1 atom stereocenters. The maximum atomic E-state index is 13.7. The van der Waals surface area contributed by atoms with Crippen molar-refractivity contribution in [3.05, 3.63) is 67.0 Å². The maximum Gasteiger partial charge on any atom is 0.264 e. The van der Waals surface area contributed by atoms with E-state index in [0.29, 0.717) is 5.69 Å². The Kier molecular flexibility index (Phi) is 5.17. The minimum atomic E-state index is -4.05. The van der Waals surface area contributed by atoms with Crippen LogP contribution in [0.15, 0.2) is 66.1 Å². The van der Waals surface area contributed by atoms with Crippen molar-refractivity contribution >= 4 is 27.3 Å². The standard InChI is InChI=1S/C17H16FN5O3S/c1-12(23-11-19-10-20-23)17(24)21-13-6-8-14(9-7-13)22-27(25,26)16-5-3-2-4-15(16)18/h2-12,22H,1H3,(H,21,24)/t12-/m0/s1. The average Bonchev–Trinajstić information content (AvgIpc) is 3.17. The smallest absolute Gasteiger partial charge is 0.264 e. The zero-order valence-corrected chi connectivity index (χ0v) is 15.0. The van der Waals surface area contributed by atoms with E-state index >= 15 is 0 Å². The van der Waals surface area contributed by atoms with Crippen molar-refractivity contribution in [2.45, 2.75) is 17.9 Å². The third-order valence-electron chi connectivity index (χ3n) is 3.74. The Balaban J connectivity index is 1.69. The van der Waals surface area contributed by atoms with Gasteiger partial charge in [-0.15, -0.1) is 0 Å². The highest BCUT2D eigenvalue weighted by Gasteiger charge is 2.19. The Bertz CT molecular complexity index is 1040. The van der Waals surface area contributed by atoms with Gasteiger partial charge in [0.1, 0.15) is 29.4 Å². The molecule has 2 aromatic carbocycles. The summed E-state index contributed by atoms with van der Waals surface area (Å²) in [4.78, 5) is 15.5. The number of hydrogen-bond acceptors (Lipinski definition) is 5. The lowest BCUT2D eigenvalue weighted by molar-refractivity contribution is -0.119. The Morgan fingerprint density at radius 3 is 2.41 bits per heavy atom. The zero-order valence-electron chi connectivity index (χ0n) is 14.2. The van der Waals surface area contributed by atoms with Crippen LogP contribution in [0.2, 0.25) is 0 Å². The molecule has 1 heterocycles. The first kappa shape index (κ1) is 18.5. The van der Waals surface area contributed by atoms with Gasteiger partial charge < -0.3 is 5.32 Å². The summed E-state index contributed by atoms with van der Waals surface area (Å²) < 4.78 is 42.0. The molecule has 0 bridgehead atoms. The summed E-state index contributed by atoms with van der Waals surface area (Å²) in [7, 11) is -4.05. The Hall–Kier alpha value is -3.27. The number of anilines is 2. The third-order valence-corrected chi connectivity index (χ3v) is 5.16. The van der Waals surface area contributed by atoms with Gasteiger partial charge >= 0.3 is 0 Å². The van der Waals surface area contributed by atoms with Gasteiger partial charge in [-0.25, -0.2) is 22.5 Å². The van der Waals surface area contributed by atoms with Crippen LogP contribution in [0.3, 0.4) is 0 Å². The first-order valence-electron chi connectivity index (χ1n) is 7.89. The summed E-state index contributed by atoms with van der Waals surface area (Å²) >= 11 is 0. The molecule has 1 amide bonds. The van der Waals surface area contributed by atoms with Gasteiger partial charge in [0.05, 0.1) is 0 Å². The van der Waals surface area contributed by atoms with Crippen LogP contribution in [0.1, 0.15) is 13.0 Å². The van der Waals surface area contributed by atoms with Crippen LogP contribution in [0, 0.1) is 5.82 Å². The molecule has 3 rings (SSSR count). The molecule has 1 aromatic heterocycles. The molecule has 140 valence electrons. The number of carbonyl (C=O) groups excluding carboxylic acids is 1. The fourth-order valence-electron chi connectivity index (χ4n) is 2.28. The van der Waals surface area contributed by atoms with E-state index in [1.165, 1.54) is 59.8 Å². The first-order valence-corrected chi connectivity index (χ1v) is 9.37. The van der Waals surface area contributed by atoms with E-state index in [1.807, 2.05) is 0 Å². The number of rotatable bonds is 6. The summed E-state index contributed by atoms with van der Waals surface area (Å²) in [5.74, 6) is -1.14. The maximum absolute atomic E-state index is 13.7. The highest BCUT2D eigenvalue weighted by molar-refractivity contribution is 7.92. The predicted octanol–water partition coefficient (Wildman–Crippen LogP) is 2.42. The van der Waals surface area contributed by atoms with Crippen molar-refractivity contribution in [2.75, 3.05) is 10.0 Å². The monoisotopic (exact) mass is 389 g/mol. The fraction of sp³-hybridized carbons (Fsp3) is 0.118. The lowest BCUT2D eigenvalue weighted by Gasteiger charge is -2.13. The molecule has 0 saturated carbocycles. The molecule has 0 aliphatic carbocycles. The number of benzene rings is 2. The van der Waals surface area contributed by atoms with Gasteiger partial charge in [-0.2, -0.15) is 5.10 Å². The Morgan fingerprint density at radius 2 is 1.78 bits per heavy atom. The molecule has 0 aliphatic heterocycles. The Morgan fingerprint density at radius 1 is 1.11 bits per heavy atom. The number of amides is 1. The molecule has 2 N–H and O–H groups in total. The highest BCUT2D eigenvalue weighted by Crippen LogP contribution is 2.20. The largest absolute Gasteiger partial charge is 0.324 e. The summed E-state index contributed by atoms with van der Waals surface area (Å²) in [5, 5.41) is 6.60. The van der Waals surface area contributed by atoms with E-state index in [2.05, 4.69) is 20.1 Å². The molecule has 27 heavy (non-hydrogen) atoms. The fourth-order valence-corrected chi connectivity index (χ4v) is 3.42.